The highest BCUT2D eigenvalue weighted by atomic mass is 32.2. The van der Waals surface area contributed by atoms with Crippen LogP contribution in [0.15, 0.2) is 35.5 Å². The quantitative estimate of drug-likeness (QED) is 0.385. The molecule has 192 valence electrons. The first-order valence-corrected chi connectivity index (χ1v) is 13.0. The van der Waals surface area contributed by atoms with Gasteiger partial charge in [-0.1, -0.05) is 37.3 Å². The van der Waals surface area contributed by atoms with E-state index in [1.54, 1.807) is 0 Å². The molecule has 0 radical (unpaired) electrons. The van der Waals surface area contributed by atoms with Crippen LogP contribution in [0, 0.1) is 4.78 Å². The van der Waals surface area contributed by atoms with Gasteiger partial charge in [0.15, 0.2) is 11.6 Å². The largest absolute Gasteiger partial charge is 0.383 e. The topological polar surface area (TPSA) is 158 Å². The first kappa shape index (κ1) is 26.6. The SMILES string of the molecule is CCCS(=N)(=O)c1nc(N)c2c(n1)N(Cc1ccccc1)C(O)N2C(=O)N(CCOC)CCOC. The second-order valence-corrected chi connectivity index (χ2v) is 10.2. The number of nitrogens with zero attached hydrogens (tertiary/aromatic N) is 5. The lowest BCUT2D eigenvalue weighted by molar-refractivity contribution is 0.114. The summed E-state index contributed by atoms with van der Waals surface area (Å²) in [5.74, 6) is 0.0749. The van der Waals surface area contributed by atoms with Crippen LogP contribution in [0.1, 0.15) is 18.9 Å². The average Bonchev–Trinajstić information content (AvgIpc) is 3.11. The Morgan fingerprint density at radius 2 is 1.83 bits per heavy atom. The van der Waals surface area contributed by atoms with Gasteiger partial charge in [0.05, 0.1) is 13.2 Å². The van der Waals surface area contributed by atoms with Crippen molar-refractivity contribution in [2.45, 2.75) is 31.4 Å². The van der Waals surface area contributed by atoms with Gasteiger partial charge in [0.1, 0.15) is 15.4 Å². The van der Waals surface area contributed by atoms with Crippen molar-refractivity contribution in [1.82, 2.24) is 14.9 Å². The van der Waals surface area contributed by atoms with Crippen molar-refractivity contribution in [2.75, 3.05) is 61.8 Å². The van der Waals surface area contributed by atoms with E-state index in [9.17, 15) is 14.1 Å². The number of carbonyl (C=O) groups excluding carboxylic acids is 1. The molecule has 0 fully saturated rings. The summed E-state index contributed by atoms with van der Waals surface area (Å²) in [5.41, 5.74) is 7.21. The molecule has 0 bridgehead atoms. The van der Waals surface area contributed by atoms with Gasteiger partial charge in [-0.15, -0.1) is 0 Å². The number of aromatic nitrogens is 2. The van der Waals surface area contributed by atoms with Crippen LogP contribution < -0.4 is 15.5 Å². The summed E-state index contributed by atoms with van der Waals surface area (Å²) in [4.78, 5) is 26.2. The number of methoxy groups -OCH3 is 2. The predicted molar refractivity (Wildman–Crippen MR) is 133 cm³/mol. The number of ether oxygens (including phenoxy) is 2. The molecule has 1 aliphatic heterocycles. The van der Waals surface area contributed by atoms with E-state index in [4.69, 9.17) is 20.0 Å². The summed E-state index contributed by atoms with van der Waals surface area (Å²) in [7, 11) is -0.243. The van der Waals surface area contributed by atoms with Gasteiger partial charge >= 0.3 is 6.03 Å². The van der Waals surface area contributed by atoms with Crippen molar-refractivity contribution < 1.29 is 23.6 Å². The minimum absolute atomic E-state index is 0.0664. The van der Waals surface area contributed by atoms with E-state index < -0.39 is 22.1 Å². The number of nitrogen functional groups attached to an aromatic ring is 1. The highest BCUT2D eigenvalue weighted by Gasteiger charge is 2.44. The maximum absolute atomic E-state index is 13.6. The van der Waals surface area contributed by atoms with Gasteiger partial charge in [-0.05, 0) is 12.0 Å². The Kier molecular flexibility index (Phi) is 8.83. The Balaban J connectivity index is 2.09. The molecular formula is C22H33N7O5S. The standard InChI is InChI=1S/C22H33N7O5S/c1-4-14-35(24,32)20-25-18(23)17-19(26-20)28(15-16-8-6-5-7-9-16)22(31)29(17)21(30)27(10-12-33-2)11-13-34-3/h5-9,22,24,31H,4,10-15H2,1-3H3,(H2,23,25,26). The first-order valence-electron chi connectivity index (χ1n) is 11.2. The number of nitrogens with one attached hydrogen (secondary N) is 1. The van der Waals surface area contributed by atoms with Crippen LogP contribution in [-0.2, 0) is 25.7 Å². The number of benzene rings is 1. The van der Waals surface area contributed by atoms with E-state index in [2.05, 4.69) is 9.97 Å². The number of amides is 2. The molecule has 2 heterocycles. The number of fused-ring (bicyclic) bond motifs is 1. The second-order valence-electron chi connectivity index (χ2n) is 8.03. The summed E-state index contributed by atoms with van der Waals surface area (Å²) in [5, 5.41) is 11.1. The fourth-order valence-electron chi connectivity index (χ4n) is 3.75. The molecule has 0 saturated heterocycles. The van der Waals surface area contributed by atoms with Gasteiger partial charge in [0.25, 0.3) is 0 Å². The Morgan fingerprint density at radius 3 is 2.40 bits per heavy atom. The lowest BCUT2D eigenvalue weighted by atomic mass is 10.2. The number of hydrogen-bond donors (Lipinski definition) is 3. The number of aliphatic hydroxyl groups is 1. The number of carbonyl (C=O) groups is 1. The van der Waals surface area contributed by atoms with Crippen LogP contribution in [-0.4, -0.2) is 82.8 Å². The molecule has 0 spiro atoms. The molecule has 1 aromatic carbocycles. The number of urea groups is 1. The van der Waals surface area contributed by atoms with Crippen LogP contribution in [0.5, 0.6) is 0 Å². The van der Waals surface area contributed by atoms with Crippen molar-refractivity contribution in [3.63, 3.8) is 0 Å². The molecule has 3 rings (SSSR count). The van der Waals surface area contributed by atoms with Crippen LogP contribution in [0.25, 0.3) is 0 Å². The third-order valence-corrected chi connectivity index (χ3v) is 7.24. The zero-order chi connectivity index (χ0) is 25.6. The van der Waals surface area contributed by atoms with E-state index in [1.807, 2.05) is 37.3 Å². The molecular weight excluding hydrogens is 474 g/mol. The van der Waals surface area contributed by atoms with Gasteiger partial charge < -0.3 is 30.1 Å². The Bertz CT molecular complexity index is 1110. The van der Waals surface area contributed by atoms with Crippen LogP contribution in [0.3, 0.4) is 0 Å². The monoisotopic (exact) mass is 507 g/mol. The van der Waals surface area contributed by atoms with Gasteiger partial charge in [0, 0.05) is 39.6 Å². The van der Waals surface area contributed by atoms with E-state index >= 15 is 0 Å². The summed E-state index contributed by atoms with van der Waals surface area (Å²) in [6, 6.07) is 8.79. The molecule has 35 heavy (non-hydrogen) atoms. The minimum Gasteiger partial charge on any atom is -0.383 e. The smallest absolute Gasteiger partial charge is 0.328 e. The third-order valence-electron chi connectivity index (χ3n) is 5.48. The minimum atomic E-state index is -3.30. The molecule has 1 aromatic heterocycles. The van der Waals surface area contributed by atoms with Crippen molar-refractivity contribution in [3.05, 3.63) is 35.9 Å². The Hall–Kier alpha value is -3.00. The van der Waals surface area contributed by atoms with Crippen LogP contribution >= 0.6 is 0 Å². The Labute approximate surface area is 205 Å². The lowest BCUT2D eigenvalue weighted by Gasteiger charge is -2.31. The molecule has 13 heteroatoms. The first-order chi connectivity index (χ1) is 16.7. The summed E-state index contributed by atoms with van der Waals surface area (Å²) >= 11 is 0. The number of rotatable bonds is 11. The zero-order valence-electron chi connectivity index (χ0n) is 20.2. The van der Waals surface area contributed by atoms with Gasteiger partial charge in [-0.3, -0.25) is 0 Å². The van der Waals surface area contributed by atoms with Gasteiger partial charge in [-0.2, -0.15) is 4.98 Å². The van der Waals surface area contributed by atoms with Crippen molar-refractivity contribution in [3.8, 4) is 0 Å². The summed E-state index contributed by atoms with van der Waals surface area (Å²) in [6.07, 6.45) is -0.956. The van der Waals surface area contributed by atoms with E-state index in [0.717, 1.165) is 10.5 Å². The van der Waals surface area contributed by atoms with Crippen LogP contribution in [0.4, 0.5) is 22.1 Å². The molecule has 2 unspecified atom stereocenters. The number of nitrogens with two attached hydrogens (primary N) is 1. The summed E-state index contributed by atoms with van der Waals surface area (Å²) < 4.78 is 31.5. The van der Waals surface area contributed by atoms with Gasteiger partial charge in [-0.25, -0.2) is 23.7 Å². The highest BCUT2D eigenvalue weighted by molar-refractivity contribution is 7.92. The average molecular weight is 508 g/mol. The maximum atomic E-state index is 13.6. The fraction of sp³-hybridized carbons (Fsp3) is 0.500. The molecule has 2 atom stereocenters. The third kappa shape index (κ3) is 5.81. The molecule has 12 nitrogen and oxygen atoms in total. The fourth-order valence-corrected chi connectivity index (χ4v) is 4.99. The molecule has 2 aromatic rings. The van der Waals surface area contributed by atoms with E-state index in [1.165, 1.54) is 24.0 Å². The second kappa shape index (κ2) is 11.6. The molecule has 0 aliphatic carbocycles. The van der Waals surface area contributed by atoms with Crippen molar-refractivity contribution >= 4 is 33.1 Å². The number of hydrogen-bond acceptors (Lipinski definition) is 10. The van der Waals surface area contributed by atoms with Crippen molar-refractivity contribution in [1.29, 1.82) is 4.78 Å². The predicted octanol–water partition coefficient (Wildman–Crippen LogP) is 1.69. The Morgan fingerprint density at radius 1 is 1.20 bits per heavy atom. The number of aliphatic hydroxyl groups excluding tert-OH is 1. The molecule has 1 aliphatic rings. The zero-order valence-corrected chi connectivity index (χ0v) is 21.0. The summed E-state index contributed by atoms with van der Waals surface area (Å²) in [6.45, 7) is 3.08. The van der Waals surface area contributed by atoms with Crippen LogP contribution in [0.2, 0.25) is 0 Å². The lowest BCUT2D eigenvalue weighted by Crippen LogP contribution is -2.52. The highest BCUT2D eigenvalue weighted by Crippen LogP contribution is 2.42. The normalized spacial score (nSPS) is 16.7. The maximum Gasteiger partial charge on any atom is 0.328 e. The van der Waals surface area contributed by atoms with E-state index in [0.29, 0.717) is 6.42 Å². The number of anilines is 3. The van der Waals surface area contributed by atoms with Gasteiger partial charge in [0.2, 0.25) is 11.5 Å². The molecule has 4 N–H and O–H groups in total. The van der Waals surface area contributed by atoms with E-state index in [-0.39, 0.29) is 61.1 Å². The van der Waals surface area contributed by atoms with Crippen molar-refractivity contribution in [2.24, 2.45) is 0 Å². The molecule has 2 amide bonds. The molecule has 0 saturated carbocycles.